The number of para-hydroxylation sites is 1. The van der Waals surface area contributed by atoms with E-state index < -0.39 is 6.04 Å². The number of benzene rings is 1. The first kappa shape index (κ1) is 22.3. The van der Waals surface area contributed by atoms with Gasteiger partial charge in [0, 0.05) is 25.1 Å². The lowest BCUT2D eigenvalue weighted by Gasteiger charge is -2.22. The van der Waals surface area contributed by atoms with E-state index in [1.165, 1.54) is 32.1 Å². The molecule has 1 unspecified atom stereocenters. The molecule has 2 aromatic rings. The van der Waals surface area contributed by atoms with Gasteiger partial charge in [-0.05, 0) is 37.2 Å². The summed E-state index contributed by atoms with van der Waals surface area (Å²) in [5.41, 5.74) is 1.33. The van der Waals surface area contributed by atoms with Crippen LogP contribution in [0.25, 0.3) is 10.9 Å². The number of carbonyl (C=O) groups excluding carboxylic acids is 2. The third-order valence-corrected chi connectivity index (χ3v) is 5.90. The van der Waals surface area contributed by atoms with Crippen molar-refractivity contribution in [2.45, 2.75) is 65.0 Å². The molecule has 164 valence electrons. The Hall–Kier alpha value is -2.41. The molecule has 1 aromatic carbocycles. The first-order chi connectivity index (χ1) is 14.5. The van der Waals surface area contributed by atoms with Gasteiger partial charge in [0.1, 0.15) is 6.04 Å². The maximum atomic E-state index is 13.1. The Kier molecular flexibility index (Phi) is 7.85. The van der Waals surface area contributed by atoms with Gasteiger partial charge in [0.2, 0.25) is 5.91 Å². The molecule has 0 spiro atoms. The number of nitrogens with one attached hydrogen (secondary N) is 2. The fourth-order valence-corrected chi connectivity index (χ4v) is 4.19. The van der Waals surface area contributed by atoms with Crippen molar-refractivity contribution in [3.63, 3.8) is 0 Å². The third-order valence-electron chi connectivity index (χ3n) is 5.90. The van der Waals surface area contributed by atoms with Crippen LogP contribution in [0, 0.1) is 11.8 Å². The number of aromatic nitrogens is 2. The van der Waals surface area contributed by atoms with Gasteiger partial charge >= 0.3 is 0 Å². The second-order valence-corrected chi connectivity index (χ2v) is 8.62. The average Bonchev–Trinajstić information content (AvgIpc) is 3.11. The Bertz CT molecular complexity index is 855. The van der Waals surface area contributed by atoms with Crippen LogP contribution in [0.15, 0.2) is 24.3 Å². The molecule has 1 aliphatic rings. The number of hydrogen-bond donors (Lipinski definition) is 3. The molecule has 2 amide bonds. The van der Waals surface area contributed by atoms with E-state index in [0.29, 0.717) is 24.6 Å². The molecule has 0 saturated heterocycles. The highest BCUT2D eigenvalue weighted by Crippen LogP contribution is 2.27. The molecule has 3 rings (SSSR count). The zero-order valence-electron chi connectivity index (χ0n) is 18.1. The number of aliphatic hydroxyl groups is 1. The van der Waals surface area contributed by atoms with E-state index in [1.807, 2.05) is 42.8 Å². The van der Waals surface area contributed by atoms with Crippen LogP contribution in [-0.2, 0) is 11.3 Å². The Morgan fingerprint density at radius 3 is 2.63 bits per heavy atom. The van der Waals surface area contributed by atoms with E-state index in [4.69, 9.17) is 5.11 Å². The lowest BCUT2D eigenvalue weighted by Crippen LogP contribution is -2.50. The van der Waals surface area contributed by atoms with Gasteiger partial charge in [-0.1, -0.05) is 51.3 Å². The Morgan fingerprint density at radius 2 is 1.93 bits per heavy atom. The van der Waals surface area contributed by atoms with Gasteiger partial charge in [0.05, 0.1) is 5.52 Å². The molecule has 1 aliphatic carbocycles. The van der Waals surface area contributed by atoms with Crippen LogP contribution < -0.4 is 10.6 Å². The summed E-state index contributed by atoms with van der Waals surface area (Å²) >= 11 is 0. The second-order valence-electron chi connectivity index (χ2n) is 8.62. The molecule has 3 N–H and O–H groups in total. The summed E-state index contributed by atoms with van der Waals surface area (Å²) in [6.07, 6.45) is 6.73. The number of carbonyl (C=O) groups is 2. The van der Waals surface area contributed by atoms with Crippen LogP contribution in [0.3, 0.4) is 0 Å². The van der Waals surface area contributed by atoms with Gasteiger partial charge in [-0.25, -0.2) is 0 Å². The fraction of sp³-hybridized carbons (Fsp3) is 0.609. The van der Waals surface area contributed by atoms with Crippen molar-refractivity contribution in [3.8, 4) is 0 Å². The maximum absolute atomic E-state index is 13.1. The molecular weight excluding hydrogens is 380 g/mol. The van der Waals surface area contributed by atoms with Crippen molar-refractivity contribution < 1.29 is 14.7 Å². The molecule has 7 nitrogen and oxygen atoms in total. The van der Waals surface area contributed by atoms with Crippen molar-refractivity contribution in [2.75, 3.05) is 13.2 Å². The number of fused-ring (bicyclic) bond motifs is 1. The predicted octanol–water partition coefficient (Wildman–Crippen LogP) is 2.87. The second kappa shape index (κ2) is 10.6. The molecule has 1 heterocycles. The zero-order chi connectivity index (χ0) is 21.5. The molecule has 0 aliphatic heterocycles. The van der Waals surface area contributed by atoms with Crippen LogP contribution in [0.5, 0.6) is 0 Å². The van der Waals surface area contributed by atoms with E-state index in [2.05, 4.69) is 15.7 Å². The quantitative estimate of drug-likeness (QED) is 0.550. The smallest absolute Gasteiger partial charge is 0.273 e. The van der Waals surface area contributed by atoms with E-state index in [1.54, 1.807) is 0 Å². The fourth-order valence-electron chi connectivity index (χ4n) is 4.19. The van der Waals surface area contributed by atoms with Crippen LogP contribution in [0.4, 0.5) is 0 Å². The summed E-state index contributed by atoms with van der Waals surface area (Å²) in [7, 11) is 0. The zero-order valence-corrected chi connectivity index (χ0v) is 18.1. The Labute approximate surface area is 178 Å². The first-order valence-corrected chi connectivity index (χ1v) is 11.2. The topological polar surface area (TPSA) is 96.2 Å². The summed E-state index contributed by atoms with van der Waals surface area (Å²) in [5, 5.41) is 20.1. The highest BCUT2D eigenvalue weighted by atomic mass is 16.3. The Morgan fingerprint density at radius 1 is 1.20 bits per heavy atom. The van der Waals surface area contributed by atoms with Gasteiger partial charge < -0.3 is 15.7 Å². The highest BCUT2D eigenvalue weighted by molar-refractivity contribution is 6.06. The maximum Gasteiger partial charge on any atom is 0.273 e. The number of aliphatic hydroxyl groups excluding tert-OH is 1. The molecular formula is C23H34N4O3. The molecule has 1 fully saturated rings. The van der Waals surface area contributed by atoms with Gasteiger partial charge in [0.25, 0.3) is 5.91 Å². The van der Waals surface area contributed by atoms with Crippen molar-refractivity contribution >= 4 is 22.7 Å². The Balaban J connectivity index is 1.78. The molecule has 0 radical (unpaired) electrons. The van der Waals surface area contributed by atoms with Gasteiger partial charge in [-0.2, -0.15) is 5.10 Å². The average molecular weight is 415 g/mol. The minimum Gasteiger partial charge on any atom is -0.396 e. The molecule has 1 atom stereocenters. The van der Waals surface area contributed by atoms with Gasteiger partial charge in [-0.15, -0.1) is 0 Å². The summed E-state index contributed by atoms with van der Waals surface area (Å²) in [4.78, 5) is 25.6. The van der Waals surface area contributed by atoms with Crippen molar-refractivity contribution in [2.24, 2.45) is 11.8 Å². The van der Waals surface area contributed by atoms with Crippen LogP contribution >= 0.6 is 0 Å². The monoisotopic (exact) mass is 414 g/mol. The molecule has 0 bridgehead atoms. The SMILES string of the molecule is CC(C)C(NC(=O)c1nn(CC2CCCCC2)c2ccccc12)C(=O)NCCCO. The third kappa shape index (κ3) is 5.39. The van der Waals surface area contributed by atoms with E-state index in [-0.39, 0.29) is 24.3 Å². The summed E-state index contributed by atoms with van der Waals surface area (Å²) in [5.74, 6) is -0.0420. The minimum absolute atomic E-state index is 0.0173. The van der Waals surface area contributed by atoms with Crippen molar-refractivity contribution in [1.29, 1.82) is 0 Å². The number of amides is 2. The van der Waals surface area contributed by atoms with Crippen LogP contribution in [-0.4, -0.2) is 45.9 Å². The predicted molar refractivity (Wildman–Crippen MR) is 117 cm³/mol. The van der Waals surface area contributed by atoms with Crippen LogP contribution in [0.2, 0.25) is 0 Å². The molecule has 1 saturated carbocycles. The van der Waals surface area contributed by atoms with Gasteiger partial charge in [-0.3, -0.25) is 14.3 Å². The normalized spacial score (nSPS) is 16.0. The summed E-state index contributed by atoms with van der Waals surface area (Å²) in [6, 6.07) is 7.14. The van der Waals surface area contributed by atoms with Crippen LogP contribution in [0.1, 0.15) is 62.9 Å². The van der Waals surface area contributed by atoms with Crippen molar-refractivity contribution in [3.05, 3.63) is 30.0 Å². The minimum atomic E-state index is -0.654. The van der Waals surface area contributed by atoms with Gasteiger partial charge in [0.15, 0.2) is 5.69 Å². The lowest BCUT2D eigenvalue weighted by molar-refractivity contribution is -0.123. The largest absolute Gasteiger partial charge is 0.396 e. The van der Waals surface area contributed by atoms with E-state index in [0.717, 1.165) is 17.4 Å². The number of nitrogens with zero attached hydrogens (tertiary/aromatic N) is 2. The first-order valence-electron chi connectivity index (χ1n) is 11.2. The van der Waals surface area contributed by atoms with E-state index in [9.17, 15) is 9.59 Å². The molecule has 7 heteroatoms. The highest BCUT2D eigenvalue weighted by Gasteiger charge is 2.27. The van der Waals surface area contributed by atoms with Crippen molar-refractivity contribution in [1.82, 2.24) is 20.4 Å². The van der Waals surface area contributed by atoms with E-state index >= 15 is 0 Å². The molecule has 1 aromatic heterocycles. The number of hydrogen-bond acceptors (Lipinski definition) is 4. The standard InChI is InChI=1S/C23H34N4O3/c1-16(2)20(22(29)24-13-8-14-28)25-23(30)21-18-11-6-7-12-19(18)27(26-21)15-17-9-4-3-5-10-17/h6-7,11-12,16-17,20,28H,3-5,8-10,13-15H2,1-2H3,(H,24,29)(H,25,30). The number of rotatable bonds is 9. The summed E-state index contributed by atoms with van der Waals surface area (Å²) in [6.45, 7) is 5.02. The summed E-state index contributed by atoms with van der Waals surface area (Å²) < 4.78 is 1.96. The lowest BCUT2D eigenvalue weighted by atomic mass is 9.89. The molecule has 30 heavy (non-hydrogen) atoms.